The quantitative estimate of drug-likeness (QED) is 0.809. The third-order valence-corrected chi connectivity index (χ3v) is 3.30. The van der Waals surface area contributed by atoms with Gasteiger partial charge >= 0.3 is 0 Å². The maximum atomic E-state index is 13.1. The predicted octanol–water partition coefficient (Wildman–Crippen LogP) is 3.72. The molecule has 0 aliphatic rings. The minimum Gasteiger partial charge on any atom is -0.294 e. The van der Waals surface area contributed by atoms with Gasteiger partial charge in [-0.2, -0.15) is 0 Å². The van der Waals surface area contributed by atoms with Gasteiger partial charge in [0.15, 0.2) is 5.78 Å². The Bertz CT molecular complexity index is 598. The lowest BCUT2D eigenvalue weighted by Gasteiger charge is -2.05. The fourth-order valence-corrected chi connectivity index (χ4v) is 2.11. The van der Waals surface area contributed by atoms with Gasteiger partial charge in [0.1, 0.15) is 5.82 Å². The number of pyridine rings is 1. The fourth-order valence-electron chi connectivity index (χ4n) is 1.69. The smallest absolute Gasteiger partial charge is 0.169 e. The Morgan fingerprint density at radius 2 is 2.17 bits per heavy atom. The molecule has 0 spiro atoms. The first-order valence-corrected chi connectivity index (χ1v) is 6.25. The molecule has 0 unspecified atom stereocenters. The molecule has 2 aromatic rings. The van der Waals surface area contributed by atoms with Crippen molar-refractivity contribution in [2.75, 3.05) is 0 Å². The number of halogens is 2. The fraction of sp³-hybridized carbons (Fsp3) is 0.143. The van der Waals surface area contributed by atoms with Crippen molar-refractivity contribution in [3.63, 3.8) is 0 Å². The summed E-state index contributed by atoms with van der Waals surface area (Å²) in [6, 6.07) is 6.39. The number of aromatic nitrogens is 1. The monoisotopic (exact) mass is 307 g/mol. The number of nitrogens with zero attached hydrogens (tertiary/aromatic N) is 1. The van der Waals surface area contributed by atoms with Crippen LogP contribution in [0.15, 0.2) is 41.1 Å². The van der Waals surface area contributed by atoms with Crippen LogP contribution in [0.3, 0.4) is 0 Å². The van der Waals surface area contributed by atoms with E-state index in [-0.39, 0.29) is 18.0 Å². The highest BCUT2D eigenvalue weighted by Gasteiger charge is 2.11. The number of hydrogen-bond acceptors (Lipinski definition) is 2. The number of aryl methyl sites for hydroxylation is 1. The SMILES string of the molecule is Cc1ccncc1C(=O)Cc1ccc(F)c(Br)c1. The van der Waals surface area contributed by atoms with Gasteiger partial charge in [-0.3, -0.25) is 9.78 Å². The van der Waals surface area contributed by atoms with Crippen LogP contribution in [-0.2, 0) is 6.42 Å². The molecule has 2 nitrogen and oxygen atoms in total. The van der Waals surface area contributed by atoms with Gasteiger partial charge in [0.05, 0.1) is 4.47 Å². The van der Waals surface area contributed by atoms with Crippen LogP contribution in [0.2, 0.25) is 0 Å². The van der Waals surface area contributed by atoms with E-state index >= 15 is 0 Å². The van der Waals surface area contributed by atoms with E-state index in [2.05, 4.69) is 20.9 Å². The zero-order valence-corrected chi connectivity index (χ0v) is 11.4. The molecule has 0 saturated carbocycles. The summed E-state index contributed by atoms with van der Waals surface area (Å²) in [6.45, 7) is 1.87. The molecule has 0 aliphatic heterocycles. The Balaban J connectivity index is 2.22. The van der Waals surface area contributed by atoms with E-state index in [0.29, 0.717) is 10.0 Å². The molecule has 1 aromatic heterocycles. The second kappa shape index (κ2) is 5.40. The molecule has 2 rings (SSSR count). The first-order chi connectivity index (χ1) is 8.58. The van der Waals surface area contributed by atoms with Gasteiger partial charge in [-0.1, -0.05) is 6.07 Å². The Morgan fingerprint density at radius 1 is 1.39 bits per heavy atom. The summed E-state index contributed by atoms with van der Waals surface area (Å²) in [5.74, 6) is -0.345. The number of rotatable bonds is 3. The summed E-state index contributed by atoms with van der Waals surface area (Å²) >= 11 is 3.11. The zero-order valence-electron chi connectivity index (χ0n) is 9.78. The van der Waals surface area contributed by atoms with Crippen molar-refractivity contribution in [2.24, 2.45) is 0 Å². The molecule has 4 heteroatoms. The molecule has 1 heterocycles. The molecule has 0 saturated heterocycles. The summed E-state index contributed by atoms with van der Waals surface area (Å²) in [5, 5.41) is 0. The lowest BCUT2D eigenvalue weighted by Crippen LogP contribution is -2.06. The van der Waals surface area contributed by atoms with Crippen LogP contribution in [0.4, 0.5) is 4.39 Å². The van der Waals surface area contributed by atoms with Gasteiger partial charge in [-0.15, -0.1) is 0 Å². The van der Waals surface area contributed by atoms with Crippen LogP contribution in [0.25, 0.3) is 0 Å². The summed E-state index contributed by atoms with van der Waals surface area (Å²) in [7, 11) is 0. The second-order valence-corrected chi connectivity index (χ2v) is 4.89. The maximum Gasteiger partial charge on any atom is 0.169 e. The van der Waals surface area contributed by atoms with E-state index in [1.165, 1.54) is 6.07 Å². The standard InChI is InChI=1S/C14H11BrFNO/c1-9-4-5-17-8-11(9)14(18)7-10-2-3-13(16)12(15)6-10/h2-6,8H,7H2,1H3. The van der Waals surface area contributed by atoms with Gasteiger partial charge < -0.3 is 0 Å². The largest absolute Gasteiger partial charge is 0.294 e. The van der Waals surface area contributed by atoms with E-state index in [1.807, 2.05) is 6.92 Å². The first-order valence-electron chi connectivity index (χ1n) is 5.45. The van der Waals surface area contributed by atoms with Crippen molar-refractivity contribution in [1.29, 1.82) is 0 Å². The van der Waals surface area contributed by atoms with Crippen molar-refractivity contribution in [3.8, 4) is 0 Å². The molecular formula is C14H11BrFNO. The summed E-state index contributed by atoms with van der Waals surface area (Å²) in [4.78, 5) is 16.0. The summed E-state index contributed by atoms with van der Waals surface area (Å²) in [6.07, 6.45) is 3.46. The molecule has 0 amide bonds. The van der Waals surface area contributed by atoms with Crippen LogP contribution in [0.5, 0.6) is 0 Å². The highest BCUT2D eigenvalue weighted by atomic mass is 79.9. The van der Waals surface area contributed by atoms with Crippen molar-refractivity contribution < 1.29 is 9.18 Å². The molecule has 18 heavy (non-hydrogen) atoms. The van der Waals surface area contributed by atoms with Crippen LogP contribution < -0.4 is 0 Å². The average molecular weight is 308 g/mol. The minimum atomic E-state index is -0.330. The highest BCUT2D eigenvalue weighted by molar-refractivity contribution is 9.10. The third-order valence-electron chi connectivity index (χ3n) is 2.69. The molecule has 1 aromatic carbocycles. The van der Waals surface area contributed by atoms with Crippen molar-refractivity contribution in [2.45, 2.75) is 13.3 Å². The van der Waals surface area contributed by atoms with Crippen LogP contribution >= 0.6 is 15.9 Å². The minimum absolute atomic E-state index is 0.0147. The Kier molecular flexibility index (Phi) is 3.87. The molecule has 0 bridgehead atoms. The Hall–Kier alpha value is -1.55. The molecule has 92 valence electrons. The van der Waals surface area contributed by atoms with Crippen LogP contribution in [0.1, 0.15) is 21.5 Å². The topological polar surface area (TPSA) is 30.0 Å². The predicted molar refractivity (Wildman–Crippen MR) is 71.1 cm³/mol. The Morgan fingerprint density at radius 3 is 2.83 bits per heavy atom. The Labute approximate surface area is 113 Å². The van der Waals surface area contributed by atoms with Gasteiger partial charge in [-0.05, 0) is 52.2 Å². The van der Waals surface area contributed by atoms with E-state index in [1.54, 1.807) is 30.6 Å². The van der Waals surface area contributed by atoms with Crippen LogP contribution in [0, 0.1) is 12.7 Å². The van der Waals surface area contributed by atoms with E-state index in [0.717, 1.165) is 11.1 Å². The van der Waals surface area contributed by atoms with E-state index < -0.39 is 0 Å². The van der Waals surface area contributed by atoms with Crippen molar-refractivity contribution in [1.82, 2.24) is 4.98 Å². The normalized spacial score (nSPS) is 10.4. The first kappa shape index (κ1) is 12.9. The molecule has 0 aliphatic carbocycles. The lowest BCUT2D eigenvalue weighted by atomic mass is 10.0. The lowest BCUT2D eigenvalue weighted by molar-refractivity contribution is 0.0992. The number of hydrogen-bond donors (Lipinski definition) is 0. The molecule has 0 N–H and O–H groups in total. The van der Waals surface area contributed by atoms with E-state index in [9.17, 15) is 9.18 Å². The molecule has 0 radical (unpaired) electrons. The zero-order chi connectivity index (χ0) is 13.1. The number of ketones is 1. The molecule has 0 fully saturated rings. The number of benzene rings is 1. The van der Waals surface area contributed by atoms with Crippen molar-refractivity contribution >= 4 is 21.7 Å². The second-order valence-electron chi connectivity index (χ2n) is 4.04. The van der Waals surface area contributed by atoms with Gasteiger partial charge in [0.2, 0.25) is 0 Å². The third kappa shape index (κ3) is 2.82. The van der Waals surface area contributed by atoms with E-state index in [4.69, 9.17) is 0 Å². The maximum absolute atomic E-state index is 13.1. The average Bonchev–Trinajstić information content (AvgIpc) is 2.34. The highest BCUT2D eigenvalue weighted by Crippen LogP contribution is 2.18. The van der Waals surface area contributed by atoms with Crippen LogP contribution in [-0.4, -0.2) is 10.8 Å². The molecular weight excluding hydrogens is 297 g/mol. The number of carbonyl (C=O) groups excluding carboxylic acids is 1. The van der Waals surface area contributed by atoms with Crippen molar-refractivity contribution in [3.05, 3.63) is 63.6 Å². The molecule has 0 atom stereocenters. The summed E-state index contributed by atoms with van der Waals surface area (Å²) in [5.41, 5.74) is 2.28. The summed E-state index contributed by atoms with van der Waals surface area (Å²) < 4.78 is 13.5. The number of carbonyl (C=O) groups is 1. The van der Waals surface area contributed by atoms with Gasteiger partial charge in [0, 0.05) is 24.4 Å². The number of Topliss-reactive ketones (excluding diaryl/α,β-unsaturated/α-hetero) is 1. The van der Waals surface area contributed by atoms with Gasteiger partial charge in [-0.25, -0.2) is 4.39 Å². The van der Waals surface area contributed by atoms with Gasteiger partial charge in [0.25, 0.3) is 0 Å².